The van der Waals surface area contributed by atoms with Gasteiger partial charge in [-0.15, -0.1) is 0 Å². The van der Waals surface area contributed by atoms with E-state index in [9.17, 15) is 9.50 Å². The van der Waals surface area contributed by atoms with Crippen LogP contribution in [0.5, 0.6) is 0 Å². The van der Waals surface area contributed by atoms with Crippen LogP contribution in [0.1, 0.15) is 42.6 Å². The number of thioether (sulfide) groups is 1. The molecule has 0 spiro atoms. The highest BCUT2D eigenvalue weighted by Gasteiger charge is 2.39. The lowest BCUT2D eigenvalue weighted by atomic mass is 9.89. The zero-order chi connectivity index (χ0) is 12.6. The lowest BCUT2D eigenvalue weighted by Gasteiger charge is -2.30. The Kier molecular flexibility index (Phi) is 3.50. The van der Waals surface area contributed by atoms with E-state index in [4.69, 9.17) is 0 Å². The van der Waals surface area contributed by atoms with Crippen LogP contribution in [0.4, 0.5) is 4.39 Å². The van der Waals surface area contributed by atoms with Crippen molar-refractivity contribution in [3.05, 3.63) is 34.6 Å². The number of rotatable bonds is 2. The van der Waals surface area contributed by atoms with E-state index in [0.717, 1.165) is 29.7 Å². The molecule has 1 aliphatic rings. The summed E-state index contributed by atoms with van der Waals surface area (Å²) in [5.74, 6) is 0.781. The van der Waals surface area contributed by atoms with Gasteiger partial charge < -0.3 is 5.11 Å². The maximum Gasteiger partial charge on any atom is 0.129 e. The Hall–Kier alpha value is -0.540. The highest BCUT2D eigenvalue weighted by Crippen LogP contribution is 2.47. The third-order valence-corrected chi connectivity index (χ3v) is 5.16. The van der Waals surface area contributed by atoms with Crippen LogP contribution in [0.15, 0.2) is 12.1 Å². The van der Waals surface area contributed by atoms with Gasteiger partial charge in [0.25, 0.3) is 0 Å². The Labute approximate surface area is 106 Å². The zero-order valence-electron chi connectivity index (χ0n) is 10.6. The van der Waals surface area contributed by atoms with Crippen LogP contribution in [0.2, 0.25) is 0 Å². The van der Waals surface area contributed by atoms with Gasteiger partial charge in [0.1, 0.15) is 5.82 Å². The average molecular weight is 254 g/mol. The van der Waals surface area contributed by atoms with Crippen molar-refractivity contribution in [3.63, 3.8) is 0 Å². The molecule has 0 aliphatic carbocycles. The van der Waals surface area contributed by atoms with Crippen LogP contribution in [-0.4, -0.2) is 15.6 Å². The molecule has 94 valence electrons. The molecule has 0 aromatic heterocycles. The first kappa shape index (κ1) is 12.9. The Morgan fingerprint density at radius 3 is 2.65 bits per heavy atom. The molecule has 1 N–H and O–H groups in total. The van der Waals surface area contributed by atoms with Crippen molar-refractivity contribution in [1.29, 1.82) is 0 Å². The molecule has 0 saturated carbocycles. The molecule has 0 bridgehead atoms. The monoisotopic (exact) mass is 254 g/mol. The minimum Gasteiger partial charge on any atom is -0.387 e. The first-order valence-electron chi connectivity index (χ1n) is 6.03. The van der Waals surface area contributed by atoms with Crippen molar-refractivity contribution in [3.8, 4) is 0 Å². The standard InChI is InChI=1S/C14H19FOS/c1-9-7-10(2)12(11(15)8-9)13(16)14(3)5-4-6-17-14/h7-8,13,16H,4-6H2,1-3H3. The van der Waals surface area contributed by atoms with Crippen LogP contribution < -0.4 is 0 Å². The summed E-state index contributed by atoms with van der Waals surface area (Å²) in [5, 5.41) is 10.5. The first-order chi connectivity index (χ1) is 7.94. The Morgan fingerprint density at radius 1 is 1.41 bits per heavy atom. The number of hydrogen-bond acceptors (Lipinski definition) is 2. The first-order valence-corrected chi connectivity index (χ1v) is 7.01. The fraction of sp³-hybridized carbons (Fsp3) is 0.571. The number of benzene rings is 1. The fourth-order valence-electron chi connectivity index (χ4n) is 2.59. The quantitative estimate of drug-likeness (QED) is 0.867. The van der Waals surface area contributed by atoms with Gasteiger partial charge in [-0.3, -0.25) is 0 Å². The van der Waals surface area contributed by atoms with Crippen LogP contribution >= 0.6 is 11.8 Å². The summed E-state index contributed by atoms with van der Waals surface area (Å²) in [7, 11) is 0. The molecular weight excluding hydrogens is 235 g/mol. The van der Waals surface area contributed by atoms with E-state index in [0.29, 0.717) is 5.56 Å². The molecule has 1 heterocycles. The molecule has 2 atom stereocenters. The topological polar surface area (TPSA) is 20.2 Å². The summed E-state index contributed by atoms with van der Waals surface area (Å²) in [6.45, 7) is 5.78. The largest absolute Gasteiger partial charge is 0.387 e. The second kappa shape index (κ2) is 4.62. The summed E-state index contributed by atoms with van der Waals surface area (Å²) in [5.41, 5.74) is 2.23. The molecule has 3 heteroatoms. The van der Waals surface area contributed by atoms with Crippen molar-refractivity contribution >= 4 is 11.8 Å². The lowest BCUT2D eigenvalue weighted by Crippen LogP contribution is -2.27. The summed E-state index contributed by atoms with van der Waals surface area (Å²) < 4.78 is 13.8. The van der Waals surface area contributed by atoms with Gasteiger partial charge in [-0.05, 0) is 56.6 Å². The van der Waals surface area contributed by atoms with Gasteiger partial charge in [-0.2, -0.15) is 11.8 Å². The van der Waals surface area contributed by atoms with Gasteiger partial charge >= 0.3 is 0 Å². The summed E-state index contributed by atoms with van der Waals surface area (Å²) >= 11 is 1.75. The Morgan fingerprint density at radius 2 is 2.12 bits per heavy atom. The highest BCUT2D eigenvalue weighted by molar-refractivity contribution is 8.00. The van der Waals surface area contributed by atoms with Crippen molar-refractivity contribution in [2.75, 3.05) is 5.75 Å². The minimum atomic E-state index is -0.712. The average Bonchev–Trinajstić information content (AvgIpc) is 2.64. The number of aliphatic hydroxyl groups excluding tert-OH is 1. The van der Waals surface area contributed by atoms with Gasteiger partial charge in [-0.1, -0.05) is 6.07 Å². The molecule has 1 aromatic rings. The van der Waals surface area contributed by atoms with Crippen molar-refractivity contribution in [1.82, 2.24) is 0 Å². The van der Waals surface area contributed by atoms with Crippen LogP contribution in [0, 0.1) is 19.7 Å². The Balaban J connectivity index is 2.40. The molecule has 2 rings (SSSR count). The fourth-order valence-corrected chi connectivity index (χ4v) is 3.91. The van der Waals surface area contributed by atoms with Crippen molar-refractivity contribution in [2.45, 2.75) is 44.5 Å². The van der Waals surface area contributed by atoms with E-state index < -0.39 is 6.10 Å². The van der Waals surface area contributed by atoms with E-state index in [1.165, 1.54) is 6.07 Å². The van der Waals surface area contributed by atoms with Gasteiger partial charge in [0.15, 0.2) is 0 Å². The third-order valence-electron chi connectivity index (χ3n) is 3.58. The van der Waals surface area contributed by atoms with E-state index in [2.05, 4.69) is 0 Å². The second-order valence-electron chi connectivity index (χ2n) is 5.14. The maximum atomic E-state index is 14.0. The molecule has 1 aromatic carbocycles. The van der Waals surface area contributed by atoms with Crippen LogP contribution in [-0.2, 0) is 0 Å². The zero-order valence-corrected chi connectivity index (χ0v) is 11.4. The van der Waals surface area contributed by atoms with E-state index in [-0.39, 0.29) is 10.6 Å². The highest BCUT2D eigenvalue weighted by atomic mass is 32.2. The number of halogens is 1. The Bertz CT molecular complexity index is 401. The van der Waals surface area contributed by atoms with Crippen molar-refractivity contribution in [2.24, 2.45) is 0 Å². The van der Waals surface area contributed by atoms with Crippen molar-refractivity contribution < 1.29 is 9.50 Å². The molecule has 1 fully saturated rings. The van der Waals surface area contributed by atoms with E-state index in [1.54, 1.807) is 11.8 Å². The molecule has 1 aliphatic heterocycles. The minimum absolute atomic E-state index is 0.235. The number of aliphatic hydroxyl groups is 1. The van der Waals surface area contributed by atoms with E-state index in [1.807, 2.05) is 26.8 Å². The van der Waals surface area contributed by atoms with Crippen LogP contribution in [0.3, 0.4) is 0 Å². The van der Waals surface area contributed by atoms with Gasteiger partial charge in [-0.25, -0.2) is 4.39 Å². The van der Waals surface area contributed by atoms with Gasteiger partial charge in [0, 0.05) is 10.3 Å². The maximum absolute atomic E-state index is 14.0. The van der Waals surface area contributed by atoms with Crippen LogP contribution in [0.25, 0.3) is 0 Å². The number of hydrogen-bond donors (Lipinski definition) is 1. The summed E-state index contributed by atoms with van der Waals surface area (Å²) in [6, 6.07) is 3.44. The second-order valence-corrected chi connectivity index (χ2v) is 6.77. The number of aryl methyl sites for hydroxylation is 2. The molecule has 0 amide bonds. The third kappa shape index (κ3) is 2.36. The molecule has 0 radical (unpaired) electrons. The van der Waals surface area contributed by atoms with Gasteiger partial charge in [0.2, 0.25) is 0 Å². The summed E-state index contributed by atoms with van der Waals surface area (Å²) in [6.07, 6.45) is 1.34. The lowest BCUT2D eigenvalue weighted by molar-refractivity contribution is 0.130. The van der Waals surface area contributed by atoms with Gasteiger partial charge in [0.05, 0.1) is 6.10 Å². The van der Waals surface area contributed by atoms with E-state index >= 15 is 0 Å². The predicted molar refractivity (Wildman–Crippen MR) is 70.9 cm³/mol. The molecular formula is C14H19FOS. The molecule has 2 unspecified atom stereocenters. The SMILES string of the molecule is Cc1cc(C)c(C(O)C2(C)CCCS2)c(F)c1. The molecule has 17 heavy (non-hydrogen) atoms. The molecule has 1 nitrogen and oxygen atoms in total. The summed E-state index contributed by atoms with van der Waals surface area (Å²) in [4.78, 5) is 0. The normalized spacial score (nSPS) is 26.2. The predicted octanol–water partition coefficient (Wildman–Crippen LogP) is 3.76. The smallest absolute Gasteiger partial charge is 0.129 e. The molecule has 1 saturated heterocycles.